The second-order valence-corrected chi connectivity index (χ2v) is 8.20. The van der Waals surface area contributed by atoms with Gasteiger partial charge in [0.25, 0.3) is 5.91 Å². The van der Waals surface area contributed by atoms with Crippen LogP contribution in [0.25, 0.3) is 0 Å². The first kappa shape index (κ1) is 18.9. The van der Waals surface area contributed by atoms with Crippen molar-refractivity contribution in [1.29, 1.82) is 0 Å². The number of primary sulfonamides is 1. The Morgan fingerprint density at radius 3 is 2.73 bits per heavy atom. The van der Waals surface area contributed by atoms with Crippen LogP contribution in [0.5, 0.6) is 0 Å². The summed E-state index contributed by atoms with van der Waals surface area (Å²) in [5.41, 5.74) is 4.00. The molecule has 3 unspecified atom stereocenters. The highest BCUT2D eigenvalue weighted by Crippen LogP contribution is 2.34. The second-order valence-electron chi connectivity index (χ2n) is 6.26. The van der Waals surface area contributed by atoms with E-state index in [1.807, 2.05) is 6.92 Å². The van der Waals surface area contributed by atoms with Crippen molar-refractivity contribution in [1.82, 2.24) is 10.4 Å². The Morgan fingerprint density at radius 2 is 2.08 bits per heavy atom. The Balaban J connectivity index is 1.87. The molecule has 3 rings (SSSR count). The fraction of sp³-hybridized carbons (Fsp3) is 0.312. The van der Waals surface area contributed by atoms with Crippen molar-refractivity contribution in [3.63, 3.8) is 0 Å². The predicted octanol–water partition coefficient (Wildman–Crippen LogP) is 0.272. The Morgan fingerprint density at radius 1 is 1.38 bits per heavy atom. The van der Waals surface area contributed by atoms with Crippen molar-refractivity contribution < 1.29 is 23.4 Å². The minimum absolute atomic E-state index is 0.0695. The van der Waals surface area contributed by atoms with E-state index in [9.17, 15) is 23.4 Å². The zero-order chi connectivity index (χ0) is 19.2. The highest BCUT2D eigenvalue weighted by atomic mass is 35.5. The van der Waals surface area contributed by atoms with Crippen molar-refractivity contribution in [2.24, 2.45) is 5.14 Å². The van der Waals surface area contributed by atoms with E-state index in [2.05, 4.69) is 5.43 Å². The van der Waals surface area contributed by atoms with Crippen LogP contribution >= 0.6 is 11.6 Å². The molecule has 0 spiro atoms. The van der Waals surface area contributed by atoms with Crippen LogP contribution in [0.3, 0.4) is 0 Å². The summed E-state index contributed by atoms with van der Waals surface area (Å²) < 4.78 is 23.1. The van der Waals surface area contributed by atoms with Gasteiger partial charge in [0.05, 0.1) is 16.8 Å². The molecule has 0 saturated carbocycles. The molecule has 1 aromatic carbocycles. The molecule has 0 fully saturated rings. The molecule has 140 valence electrons. The van der Waals surface area contributed by atoms with Gasteiger partial charge in [-0.1, -0.05) is 17.7 Å². The molecule has 3 atom stereocenters. The third kappa shape index (κ3) is 3.36. The fourth-order valence-electron chi connectivity index (χ4n) is 3.07. The lowest BCUT2D eigenvalue weighted by atomic mass is 9.96. The third-order valence-corrected chi connectivity index (χ3v) is 5.79. The standard InChI is InChI=1S/C16H18ClN3O5S/c1-8-6-10-12(4-5-13(21)15(10)22)20(8)19-16(23)9-2-3-11(17)14(7-9)26(18,24)25/h2-5,7-8,13,15,21-22H,6H2,1H3,(H,19,23)(H2,18,24,25). The van der Waals surface area contributed by atoms with Gasteiger partial charge >= 0.3 is 0 Å². The molecule has 1 aliphatic heterocycles. The van der Waals surface area contributed by atoms with Crippen LogP contribution in [0, 0.1) is 0 Å². The fourth-order valence-corrected chi connectivity index (χ4v) is 4.15. The number of hydrogen-bond acceptors (Lipinski definition) is 6. The number of nitrogens with two attached hydrogens (primary N) is 1. The number of allylic oxidation sites excluding steroid dienone is 1. The molecule has 1 aromatic rings. The normalized spacial score (nSPS) is 25.4. The maximum Gasteiger partial charge on any atom is 0.269 e. The molecule has 8 nitrogen and oxygen atoms in total. The summed E-state index contributed by atoms with van der Waals surface area (Å²) in [5.74, 6) is -0.554. The molecule has 26 heavy (non-hydrogen) atoms. The average molecular weight is 400 g/mol. The molecule has 2 aliphatic rings. The van der Waals surface area contributed by atoms with E-state index in [1.54, 1.807) is 11.1 Å². The van der Waals surface area contributed by atoms with Crippen LogP contribution in [0.1, 0.15) is 23.7 Å². The monoisotopic (exact) mass is 399 g/mol. The van der Waals surface area contributed by atoms with Crippen molar-refractivity contribution >= 4 is 27.5 Å². The summed E-state index contributed by atoms with van der Waals surface area (Å²) in [6.07, 6.45) is 1.55. The van der Waals surface area contributed by atoms with Gasteiger partial charge in [-0.2, -0.15) is 0 Å². The number of amides is 1. The van der Waals surface area contributed by atoms with Gasteiger partial charge in [-0.15, -0.1) is 0 Å². The maximum atomic E-state index is 12.6. The van der Waals surface area contributed by atoms with Gasteiger partial charge in [-0.25, -0.2) is 13.6 Å². The van der Waals surface area contributed by atoms with E-state index < -0.39 is 28.1 Å². The van der Waals surface area contributed by atoms with Crippen LogP contribution in [-0.4, -0.2) is 47.8 Å². The van der Waals surface area contributed by atoms with E-state index >= 15 is 0 Å². The Kier molecular flexibility index (Phi) is 4.84. The van der Waals surface area contributed by atoms with Crippen molar-refractivity contribution in [2.45, 2.75) is 36.5 Å². The lowest BCUT2D eigenvalue weighted by Gasteiger charge is -2.28. The van der Waals surface area contributed by atoms with Gasteiger partial charge in [-0.3, -0.25) is 15.2 Å². The quantitative estimate of drug-likeness (QED) is 0.576. The number of aliphatic hydroxyl groups is 2. The minimum atomic E-state index is -4.07. The summed E-state index contributed by atoms with van der Waals surface area (Å²) >= 11 is 5.83. The van der Waals surface area contributed by atoms with Crippen LogP contribution < -0.4 is 10.6 Å². The van der Waals surface area contributed by atoms with Crippen molar-refractivity contribution in [3.8, 4) is 0 Å². The minimum Gasteiger partial charge on any atom is -0.386 e. The number of aliphatic hydroxyl groups excluding tert-OH is 2. The van der Waals surface area contributed by atoms with Crippen LogP contribution in [-0.2, 0) is 10.0 Å². The number of carbonyl (C=O) groups excluding carboxylic acids is 1. The first-order valence-electron chi connectivity index (χ1n) is 7.79. The molecule has 1 amide bonds. The number of carbonyl (C=O) groups is 1. The number of sulfonamides is 1. The maximum absolute atomic E-state index is 12.6. The van der Waals surface area contributed by atoms with E-state index in [-0.39, 0.29) is 21.5 Å². The zero-order valence-corrected chi connectivity index (χ0v) is 15.3. The van der Waals surface area contributed by atoms with Gasteiger partial charge in [0.1, 0.15) is 17.1 Å². The second kappa shape index (κ2) is 6.67. The van der Waals surface area contributed by atoms with Gasteiger partial charge < -0.3 is 10.2 Å². The molecule has 10 heteroatoms. The van der Waals surface area contributed by atoms with E-state index in [1.165, 1.54) is 18.2 Å². The number of nitrogens with zero attached hydrogens (tertiary/aromatic N) is 1. The van der Waals surface area contributed by atoms with Crippen molar-refractivity contribution in [3.05, 3.63) is 52.2 Å². The molecule has 0 bridgehead atoms. The summed E-state index contributed by atoms with van der Waals surface area (Å²) in [5, 5.41) is 26.4. The van der Waals surface area contributed by atoms with Crippen LogP contribution in [0.2, 0.25) is 5.02 Å². The lowest BCUT2D eigenvalue weighted by Crippen LogP contribution is -2.44. The lowest BCUT2D eigenvalue weighted by molar-refractivity contribution is 0.0691. The van der Waals surface area contributed by atoms with Crippen LogP contribution in [0.4, 0.5) is 0 Å². The molecule has 1 heterocycles. The molecule has 1 aliphatic carbocycles. The van der Waals surface area contributed by atoms with Crippen LogP contribution in [0.15, 0.2) is 46.5 Å². The summed E-state index contributed by atoms with van der Waals surface area (Å²) in [6.45, 7) is 1.85. The first-order chi connectivity index (χ1) is 12.1. The van der Waals surface area contributed by atoms with E-state index in [4.69, 9.17) is 16.7 Å². The Bertz CT molecular complexity index is 928. The number of hydrazine groups is 1. The molecule has 0 saturated heterocycles. The topological polar surface area (TPSA) is 133 Å². The van der Waals surface area contributed by atoms with Gasteiger partial charge in [0.15, 0.2) is 0 Å². The van der Waals surface area contributed by atoms with Gasteiger partial charge in [-0.05, 0) is 43.2 Å². The molecule has 0 aromatic heterocycles. The smallest absolute Gasteiger partial charge is 0.269 e. The number of benzene rings is 1. The number of rotatable bonds is 3. The largest absolute Gasteiger partial charge is 0.386 e. The third-order valence-electron chi connectivity index (χ3n) is 4.40. The van der Waals surface area contributed by atoms with Gasteiger partial charge in [0.2, 0.25) is 10.0 Å². The van der Waals surface area contributed by atoms with Gasteiger partial charge in [0, 0.05) is 5.56 Å². The first-order valence-corrected chi connectivity index (χ1v) is 9.72. The van der Waals surface area contributed by atoms with E-state index in [0.717, 1.165) is 6.07 Å². The molecule has 0 radical (unpaired) electrons. The number of halogens is 1. The Labute approximate surface area is 155 Å². The zero-order valence-electron chi connectivity index (χ0n) is 13.8. The Hall–Kier alpha value is -1.91. The highest BCUT2D eigenvalue weighted by molar-refractivity contribution is 7.89. The molecular formula is C16H18ClN3O5S. The molecule has 5 N–H and O–H groups in total. The predicted molar refractivity (Wildman–Crippen MR) is 94.4 cm³/mol. The highest BCUT2D eigenvalue weighted by Gasteiger charge is 2.36. The number of hydrogen-bond donors (Lipinski definition) is 4. The SMILES string of the molecule is CC1CC2=C(C=CC(O)C2O)N1NC(=O)c1ccc(Cl)c(S(N)(=O)=O)c1. The summed E-state index contributed by atoms with van der Waals surface area (Å²) in [4.78, 5) is 12.2. The molecular weight excluding hydrogens is 382 g/mol. The average Bonchev–Trinajstić information content (AvgIpc) is 2.87. The number of nitrogens with one attached hydrogen (secondary N) is 1. The van der Waals surface area contributed by atoms with E-state index in [0.29, 0.717) is 17.7 Å². The summed E-state index contributed by atoms with van der Waals surface area (Å²) in [7, 11) is -4.07. The summed E-state index contributed by atoms with van der Waals surface area (Å²) in [6, 6.07) is 3.63. The van der Waals surface area contributed by atoms with Crippen molar-refractivity contribution in [2.75, 3.05) is 0 Å².